The lowest BCUT2D eigenvalue weighted by Crippen LogP contribution is -1.90. The molecule has 0 radical (unpaired) electrons. The molecule has 1 aliphatic rings. The van der Waals surface area contributed by atoms with Crippen LogP contribution in [0.3, 0.4) is 0 Å². The molecule has 1 N–H and O–H groups in total. The van der Waals surface area contributed by atoms with Crippen LogP contribution in [0, 0.1) is 12.7 Å². The highest BCUT2D eigenvalue weighted by Gasteiger charge is 2.15. The number of hydrogen-bond donors (Lipinski definition) is 1. The van der Waals surface area contributed by atoms with Crippen molar-refractivity contribution in [2.24, 2.45) is 0 Å². The van der Waals surface area contributed by atoms with E-state index in [2.05, 4.69) is 17.4 Å². The number of hydrogen-bond acceptors (Lipinski definition) is 1. The third-order valence-electron chi connectivity index (χ3n) is 3.35. The number of halogens is 1. The first-order chi connectivity index (χ1) is 8.25. The summed E-state index contributed by atoms with van der Waals surface area (Å²) in [7, 11) is 0. The first-order valence-electron chi connectivity index (χ1n) is 5.88. The molecule has 0 unspecified atom stereocenters. The average molecular weight is 227 g/mol. The van der Waals surface area contributed by atoms with Gasteiger partial charge < -0.3 is 5.32 Å². The minimum absolute atomic E-state index is 0.133. The number of aryl methyl sites for hydroxylation is 1. The van der Waals surface area contributed by atoms with Gasteiger partial charge in [-0.1, -0.05) is 24.3 Å². The summed E-state index contributed by atoms with van der Waals surface area (Å²) in [6.07, 6.45) is 1.01. The Labute approximate surface area is 100 Å². The Morgan fingerprint density at radius 3 is 2.88 bits per heavy atom. The summed E-state index contributed by atoms with van der Waals surface area (Å²) in [5.41, 5.74) is 5.29. The molecule has 1 aliphatic heterocycles. The lowest BCUT2D eigenvalue weighted by molar-refractivity contribution is 0.619. The first kappa shape index (κ1) is 10.3. The Hall–Kier alpha value is -1.83. The van der Waals surface area contributed by atoms with Crippen LogP contribution < -0.4 is 5.32 Å². The molecule has 0 amide bonds. The van der Waals surface area contributed by atoms with Crippen molar-refractivity contribution in [2.75, 3.05) is 11.9 Å². The summed E-state index contributed by atoms with van der Waals surface area (Å²) in [5, 5.41) is 3.34. The van der Waals surface area contributed by atoms with Gasteiger partial charge in [0, 0.05) is 12.2 Å². The lowest BCUT2D eigenvalue weighted by atomic mass is 9.97. The van der Waals surface area contributed by atoms with Gasteiger partial charge in [0.05, 0.1) is 0 Å². The third kappa shape index (κ3) is 1.70. The Balaban J connectivity index is 2.15. The number of nitrogens with one attached hydrogen (secondary N) is 1. The van der Waals surface area contributed by atoms with Crippen molar-refractivity contribution in [3.8, 4) is 11.1 Å². The molecule has 0 saturated carbocycles. The SMILES string of the molecule is Cc1ccc(-c2cccc3c2CCN3)cc1F. The van der Waals surface area contributed by atoms with E-state index in [1.165, 1.54) is 11.3 Å². The van der Waals surface area contributed by atoms with Crippen LogP contribution in [0.25, 0.3) is 11.1 Å². The van der Waals surface area contributed by atoms with Crippen molar-refractivity contribution in [2.45, 2.75) is 13.3 Å². The summed E-state index contributed by atoms with van der Waals surface area (Å²) in [6, 6.07) is 11.6. The van der Waals surface area contributed by atoms with Crippen LogP contribution in [-0.4, -0.2) is 6.54 Å². The summed E-state index contributed by atoms with van der Waals surface area (Å²) >= 11 is 0. The molecule has 2 aromatic rings. The molecule has 0 aliphatic carbocycles. The smallest absolute Gasteiger partial charge is 0.126 e. The average Bonchev–Trinajstić information content (AvgIpc) is 2.80. The normalized spacial score (nSPS) is 13.3. The zero-order valence-corrected chi connectivity index (χ0v) is 9.76. The summed E-state index contributed by atoms with van der Waals surface area (Å²) in [6.45, 7) is 2.76. The van der Waals surface area contributed by atoms with Crippen LogP contribution in [-0.2, 0) is 6.42 Å². The highest BCUT2D eigenvalue weighted by Crippen LogP contribution is 2.33. The van der Waals surface area contributed by atoms with Crippen LogP contribution in [0.2, 0.25) is 0 Å². The fourth-order valence-corrected chi connectivity index (χ4v) is 2.37. The van der Waals surface area contributed by atoms with Crippen LogP contribution >= 0.6 is 0 Å². The second-order valence-corrected chi connectivity index (χ2v) is 4.47. The van der Waals surface area contributed by atoms with Gasteiger partial charge in [-0.05, 0) is 47.7 Å². The maximum atomic E-state index is 13.6. The molecule has 2 aromatic carbocycles. The largest absolute Gasteiger partial charge is 0.384 e. The van der Waals surface area contributed by atoms with E-state index in [4.69, 9.17) is 0 Å². The van der Waals surface area contributed by atoms with E-state index < -0.39 is 0 Å². The highest BCUT2D eigenvalue weighted by atomic mass is 19.1. The van der Waals surface area contributed by atoms with Gasteiger partial charge in [-0.25, -0.2) is 4.39 Å². The van der Waals surface area contributed by atoms with E-state index in [1.807, 2.05) is 18.2 Å². The number of benzene rings is 2. The molecule has 1 nitrogen and oxygen atoms in total. The predicted octanol–water partition coefficient (Wildman–Crippen LogP) is 3.77. The van der Waals surface area contributed by atoms with Gasteiger partial charge in [-0.3, -0.25) is 0 Å². The van der Waals surface area contributed by atoms with Gasteiger partial charge in [0.15, 0.2) is 0 Å². The van der Waals surface area contributed by atoms with Crippen molar-refractivity contribution in [3.63, 3.8) is 0 Å². The second-order valence-electron chi connectivity index (χ2n) is 4.47. The first-order valence-corrected chi connectivity index (χ1v) is 5.88. The van der Waals surface area contributed by atoms with Crippen molar-refractivity contribution in [1.82, 2.24) is 0 Å². The monoisotopic (exact) mass is 227 g/mol. The molecule has 0 spiro atoms. The standard InChI is InChI=1S/C15H14FN/c1-10-5-6-11(9-14(10)16)12-3-2-4-15-13(12)7-8-17-15/h2-6,9,17H,7-8H2,1H3. The fourth-order valence-electron chi connectivity index (χ4n) is 2.37. The van der Waals surface area contributed by atoms with E-state index in [-0.39, 0.29) is 5.82 Å². The van der Waals surface area contributed by atoms with E-state index in [0.29, 0.717) is 5.56 Å². The van der Waals surface area contributed by atoms with Crippen molar-refractivity contribution >= 4 is 5.69 Å². The molecule has 0 fully saturated rings. The Morgan fingerprint density at radius 1 is 1.18 bits per heavy atom. The molecular weight excluding hydrogens is 213 g/mol. The predicted molar refractivity (Wildman–Crippen MR) is 68.8 cm³/mol. The van der Waals surface area contributed by atoms with Gasteiger partial charge in [-0.15, -0.1) is 0 Å². The van der Waals surface area contributed by atoms with Gasteiger partial charge >= 0.3 is 0 Å². The van der Waals surface area contributed by atoms with Crippen LogP contribution in [0.5, 0.6) is 0 Å². The molecule has 0 bridgehead atoms. The molecule has 2 heteroatoms. The van der Waals surface area contributed by atoms with Gasteiger partial charge in [0.25, 0.3) is 0 Å². The van der Waals surface area contributed by atoms with Crippen molar-refractivity contribution in [1.29, 1.82) is 0 Å². The van der Waals surface area contributed by atoms with Crippen molar-refractivity contribution < 1.29 is 4.39 Å². The number of anilines is 1. The minimum atomic E-state index is -0.133. The molecule has 0 atom stereocenters. The fraction of sp³-hybridized carbons (Fsp3) is 0.200. The second kappa shape index (κ2) is 3.88. The summed E-state index contributed by atoms with van der Waals surface area (Å²) in [5.74, 6) is -0.133. The molecule has 3 rings (SSSR count). The van der Waals surface area contributed by atoms with E-state index in [0.717, 1.165) is 24.1 Å². The number of fused-ring (bicyclic) bond motifs is 1. The molecule has 0 aromatic heterocycles. The van der Waals surface area contributed by atoms with Gasteiger partial charge in [-0.2, -0.15) is 0 Å². The third-order valence-corrected chi connectivity index (χ3v) is 3.35. The lowest BCUT2D eigenvalue weighted by Gasteiger charge is -2.09. The quantitative estimate of drug-likeness (QED) is 0.782. The van der Waals surface area contributed by atoms with E-state index in [9.17, 15) is 4.39 Å². The van der Waals surface area contributed by atoms with Crippen LogP contribution in [0.1, 0.15) is 11.1 Å². The minimum Gasteiger partial charge on any atom is -0.384 e. The maximum Gasteiger partial charge on any atom is 0.126 e. The Bertz CT molecular complexity index is 575. The number of rotatable bonds is 1. The van der Waals surface area contributed by atoms with Gasteiger partial charge in [0.1, 0.15) is 5.82 Å². The summed E-state index contributed by atoms with van der Waals surface area (Å²) in [4.78, 5) is 0. The summed E-state index contributed by atoms with van der Waals surface area (Å²) < 4.78 is 13.6. The Kier molecular flexibility index (Phi) is 2.36. The van der Waals surface area contributed by atoms with E-state index >= 15 is 0 Å². The Morgan fingerprint density at radius 2 is 2.06 bits per heavy atom. The molecule has 17 heavy (non-hydrogen) atoms. The van der Waals surface area contributed by atoms with Crippen molar-refractivity contribution in [3.05, 3.63) is 53.3 Å². The van der Waals surface area contributed by atoms with Crippen LogP contribution in [0.15, 0.2) is 36.4 Å². The van der Waals surface area contributed by atoms with E-state index in [1.54, 1.807) is 13.0 Å². The molecule has 0 saturated heterocycles. The molecule has 86 valence electrons. The molecular formula is C15H14FN. The highest BCUT2D eigenvalue weighted by molar-refractivity contribution is 5.75. The maximum absolute atomic E-state index is 13.6. The zero-order valence-electron chi connectivity index (χ0n) is 9.76. The topological polar surface area (TPSA) is 12.0 Å². The zero-order chi connectivity index (χ0) is 11.8. The van der Waals surface area contributed by atoms with Crippen LogP contribution in [0.4, 0.5) is 10.1 Å². The van der Waals surface area contributed by atoms with Gasteiger partial charge in [0.2, 0.25) is 0 Å². The molecule has 1 heterocycles.